The van der Waals surface area contributed by atoms with Crippen molar-refractivity contribution in [2.45, 2.75) is 36.2 Å². The molecular formula is C23H23N5O3S. The Hall–Kier alpha value is -3.33. The highest BCUT2D eigenvalue weighted by Crippen LogP contribution is 2.44. The van der Waals surface area contributed by atoms with E-state index in [9.17, 15) is 4.79 Å². The number of rotatable bonds is 6. The Labute approximate surface area is 190 Å². The van der Waals surface area contributed by atoms with E-state index in [2.05, 4.69) is 10.3 Å². The van der Waals surface area contributed by atoms with Crippen LogP contribution in [0.4, 0.5) is 5.95 Å². The number of thioether (sulfide) groups is 1. The standard InChI is InChI=1S/C23H23N5O3S/c1-30-15-9-10-16(19(12-15)31-2)21-20-17(7-5-8-18(20)29)25-22-26-23(27-28(21)22)32-13-14-6-3-4-11-24-14/h3-4,6,9-12,21H,5,7-8,13H2,1-2H3,(H,25,26,27). The molecule has 3 aromatic rings. The van der Waals surface area contributed by atoms with Crippen LogP contribution in [-0.2, 0) is 10.5 Å². The number of nitrogens with one attached hydrogen (secondary N) is 1. The average molecular weight is 450 g/mol. The second-order valence-corrected chi connectivity index (χ2v) is 8.52. The minimum absolute atomic E-state index is 0.130. The SMILES string of the molecule is COc1ccc(C2C3=C(CCCC3=O)Nc3nc(SCc4ccccn4)nn32)c(OC)c1. The molecular weight excluding hydrogens is 426 g/mol. The highest BCUT2D eigenvalue weighted by Gasteiger charge is 2.38. The Morgan fingerprint density at radius 1 is 1.19 bits per heavy atom. The number of hydrogen-bond donors (Lipinski definition) is 1. The van der Waals surface area contributed by atoms with Gasteiger partial charge in [0.1, 0.15) is 17.5 Å². The largest absolute Gasteiger partial charge is 0.497 e. The van der Waals surface area contributed by atoms with Crippen LogP contribution in [0, 0.1) is 0 Å². The second kappa shape index (κ2) is 8.66. The van der Waals surface area contributed by atoms with E-state index in [1.807, 2.05) is 36.4 Å². The van der Waals surface area contributed by atoms with E-state index in [-0.39, 0.29) is 5.78 Å². The summed E-state index contributed by atoms with van der Waals surface area (Å²) in [5, 5.41) is 8.76. The molecule has 32 heavy (non-hydrogen) atoms. The molecule has 1 unspecified atom stereocenters. The maximum atomic E-state index is 13.0. The number of ketones is 1. The quantitative estimate of drug-likeness (QED) is 0.565. The van der Waals surface area contributed by atoms with Gasteiger partial charge in [0.15, 0.2) is 5.78 Å². The molecule has 0 fully saturated rings. The fourth-order valence-electron chi connectivity index (χ4n) is 4.15. The van der Waals surface area contributed by atoms with Crippen molar-refractivity contribution in [3.05, 3.63) is 65.1 Å². The Bertz CT molecular complexity index is 1190. The van der Waals surface area contributed by atoms with Gasteiger partial charge in [0.25, 0.3) is 0 Å². The first-order valence-corrected chi connectivity index (χ1v) is 11.4. The van der Waals surface area contributed by atoms with Crippen LogP contribution in [-0.4, -0.2) is 39.8 Å². The monoisotopic (exact) mass is 449 g/mol. The van der Waals surface area contributed by atoms with Gasteiger partial charge in [-0.2, -0.15) is 4.98 Å². The lowest BCUT2D eigenvalue weighted by molar-refractivity contribution is -0.116. The van der Waals surface area contributed by atoms with Crippen LogP contribution >= 0.6 is 11.8 Å². The predicted molar refractivity (Wildman–Crippen MR) is 121 cm³/mol. The smallest absolute Gasteiger partial charge is 0.227 e. The summed E-state index contributed by atoms with van der Waals surface area (Å²) < 4.78 is 12.8. The number of carbonyl (C=O) groups excluding carboxylic acids is 1. The molecule has 1 aromatic carbocycles. The Morgan fingerprint density at radius 2 is 2.09 bits per heavy atom. The number of methoxy groups -OCH3 is 2. The van der Waals surface area contributed by atoms with E-state index in [4.69, 9.17) is 19.6 Å². The van der Waals surface area contributed by atoms with Crippen LogP contribution in [0.25, 0.3) is 0 Å². The minimum Gasteiger partial charge on any atom is -0.497 e. The Kier molecular flexibility index (Phi) is 5.57. The lowest BCUT2D eigenvalue weighted by Crippen LogP contribution is -2.31. The van der Waals surface area contributed by atoms with Crippen LogP contribution in [0.1, 0.15) is 36.6 Å². The van der Waals surface area contributed by atoms with Crippen LogP contribution in [0.2, 0.25) is 0 Å². The van der Waals surface area contributed by atoms with Crippen molar-refractivity contribution in [3.8, 4) is 11.5 Å². The third kappa shape index (κ3) is 3.73. The van der Waals surface area contributed by atoms with E-state index < -0.39 is 6.04 Å². The van der Waals surface area contributed by atoms with Gasteiger partial charge in [-0.1, -0.05) is 17.8 Å². The zero-order chi connectivity index (χ0) is 22.1. The molecule has 8 nitrogen and oxygen atoms in total. The number of fused-ring (bicyclic) bond motifs is 1. The summed E-state index contributed by atoms with van der Waals surface area (Å²) in [6.07, 6.45) is 3.94. The molecule has 164 valence electrons. The normalized spacial score (nSPS) is 17.4. The summed E-state index contributed by atoms with van der Waals surface area (Å²) in [5.41, 5.74) is 3.47. The lowest BCUT2D eigenvalue weighted by atomic mass is 9.85. The molecule has 5 rings (SSSR count). The first-order valence-electron chi connectivity index (χ1n) is 10.4. The topological polar surface area (TPSA) is 91.2 Å². The van der Waals surface area contributed by atoms with Gasteiger partial charge in [-0.15, -0.1) is 5.10 Å². The van der Waals surface area contributed by atoms with Gasteiger partial charge in [-0.05, 0) is 37.1 Å². The molecule has 9 heteroatoms. The predicted octanol–water partition coefficient (Wildman–Crippen LogP) is 4.00. The Balaban J connectivity index is 1.56. The third-order valence-electron chi connectivity index (χ3n) is 5.66. The highest BCUT2D eigenvalue weighted by molar-refractivity contribution is 7.98. The molecule has 0 amide bonds. The number of anilines is 1. The van der Waals surface area contributed by atoms with Crippen molar-refractivity contribution in [1.82, 2.24) is 19.7 Å². The van der Waals surface area contributed by atoms with Crippen LogP contribution in [0.3, 0.4) is 0 Å². The molecule has 1 aliphatic carbocycles. The highest BCUT2D eigenvalue weighted by atomic mass is 32.2. The molecule has 0 spiro atoms. The van der Waals surface area contributed by atoms with Crippen molar-refractivity contribution in [2.75, 3.05) is 19.5 Å². The van der Waals surface area contributed by atoms with Gasteiger partial charge in [-0.25, -0.2) is 4.68 Å². The van der Waals surface area contributed by atoms with E-state index >= 15 is 0 Å². The maximum Gasteiger partial charge on any atom is 0.227 e. The van der Waals surface area contributed by atoms with E-state index in [0.29, 0.717) is 34.8 Å². The summed E-state index contributed by atoms with van der Waals surface area (Å²) in [5.74, 6) is 2.75. The Morgan fingerprint density at radius 3 is 2.88 bits per heavy atom. The van der Waals surface area contributed by atoms with Gasteiger partial charge >= 0.3 is 0 Å². The van der Waals surface area contributed by atoms with Gasteiger partial charge in [0.2, 0.25) is 11.1 Å². The van der Waals surface area contributed by atoms with Crippen molar-refractivity contribution in [2.24, 2.45) is 0 Å². The van der Waals surface area contributed by atoms with Crippen LogP contribution in [0.15, 0.2) is 59.0 Å². The molecule has 1 aliphatic heterocycles. The minimum atomic E-state index is -0.411. The number of ether oxygens (including phenoxy) is 2. The van der Waals surface area contributed by atoms with E-state index in [1.165, 1.54) is 11.8 Å². The molecule has 2 aliphatic rings. The fourth-order valence-corrected chi connectivity index (χ4v) is 4.90. The number of allylic oxidation sites excluding steroid dienone is 2. The number of hydrogen-bond acceptors (Lipinski definition) is 8. The summed E-state index contributed by atoms with van der Waals surface area (Å²) in [6.45, 7) is 0. The zero-order valence-corrected chi connectivity index (χ0v) is 18.7. The van der Waals surface area contributed by atoms with Crippen LogP contribution < -0.4 is 14.8 Å². The molecule has 2 aromatic heterocycles. The van der Waals surface area contributed by atoms with E-state index in [1.54, 1.807) is 25.1 Å². The summed E-state index contributed by atoms with van der Waals surface area (Å²) in [4.78, 5) is 22.1. The van der Waals surface area contributed by atoms with Crippen molar-refractivity contribution in [3.63, 3.8) is 0 Å². The van der Waals surface area contributed by atoms with Crippen molar-refractivity contribution >= 4 is 23.5 Å². The first kappa shape index (κ1) is 20.6. The van der Waals surface area contributed by atoms with Gasteiger partial charge in [-0.3, -0.25) is 9.78 Å². The molecule has 1 N–H and O–H groups in total. The van der Waals surface area contributed by atoms with Gasteiger partial charge in [0, 0.05) is 41.3 Å². The fraction of sp³-hybridized carbons (Fsp3) is 0.304. The van der Waals surface area contributed by atoms with E-state index in [0.717, 1.165) is 35.4 Å². The van der Waals surface area contributed by atoms with Gasteiger partial charge < -0.3 is 14.8 Å². The number of nitrogens with zero attached hydrogens (tertiary/aromatic N) is 4. The van der Waals surface area contributed by atoms with Crippen molar-refractivity contribution in [1.29, 1.82) is 0 Å². The third-order valence-corrected chi connectivity index (χ3v) is 6.53. The first-order chi connectivity index (χ1) is 15.7. The van der Waals surface area contributed by atoms with Gasteiger partial charge in [0.05, 0.1) is 19.9 Å². The lowest BCUT2D eigenvalue weighted by Gasteiger charge is -2.32. The number of carbonyl (C=O) groups is 1. The summed E-state index contributed by atoms with van der Waals surface area (Å²) >= 11 is 1.51. The van der Waals surface area contributed by atoms with Crippen LogP contribution in [0.5, 0.6) is 11.5 Å². The number of aromatic nitrogens is 4. The molecule has 0 saturated heterocycles. The summed E-state index contributed by atoms with van der Waals surface area (Å²) in [7, 11) is 3.23. The molecule has 3 heterocycles. The summed E-state index contributed by atoms with van der Waals surface area (Å²) in [6, 6.07) is 11.1. The average Bonchev–Trinajstić information content (AvgIpc) is 3.24. The number of Topliss-reactive ketones (excluding diaryl/α,β-unsaturated/α-hetero) is 1. The number of benzene rings is 1. The zero-order valence-electron chi connectivity index (χ0n) is 17.9. The van der Waals surface area contributed by atoms with Crippen molar-refractivity contribution < 1.29 is 14.3 Å². The second-order valence-electron chi connectivity index (χ2n) is 7.58. The maximum absolute atomic E-state index is 13.0. The number of pyridine rings is 1. The molecule has 0 bridgehead atoms. The molecule has 0 radical (unpaired) electrons. The molecule has 0 saturated carbocycles. The molecule has 1 atom stereocenters.